The highest BCUT2D eigenvalue weighted by molar-refractivity contribution is 7.80. The highest BCUT2D eigenvalue weighted by Gasteiger charge is 2.33. The highest BCUT2D eigenvalue weighted by Crippen LogP contribution is 2.34. The molecule has 2 N–H and O–H groups in total. The average Bonchev–Trinajstić information content (AvgIpc) is 2.72. The molecule has 0 fully saturated rings. The van der Waals surface area contributed by atoms with Gasteiger partial charge in [0.25, 0.3) is 0 Å². The lowest BCUT2D eigenvalue weighted by Gasteiger charge is -2.13. The molecule has 0 saturated carbocycles. The first-order chi connectivity index (χ1) is 14.7. The van der Waals surface area contributed by atoms with Crippen LogP contribution in [0.25, 0.3) is 11.0 Å². The third kappa shape index (κ3) is 5.46. The Labute approximate surface area is 181 Å². The summed E-state index contributed by atoms with van der Waals surface area (Å²) in [6, 6.07) is 9.98. The van der Waals surface area contributed by atoms with Crippen molar-refractivity contribution < 1.29 is 27.1 Å². The molecule has 0 aliphatic carbocycles. The molecule has 0 bridgehead atoms. The van der Waals surface area contributed by atoms with Gasteiger partial charge in [-0.2, -0.15) is 13.2 Å². The van der Waals surface area contributed by atoms with Crippen LogP contribution in [0.3, 0.4) is 0 Å². The van der Waals surface area contributed by atoms with Crippen molar-refractivity contribution in [2.24, 2.45) is 0 Å². The van der Waals surface area contributed by atoms with Crippen molar-refractivity contribution in [1.29, 1.82) is 0 Å². The van der Waals surface area contributed by atoms with Gasteiger partial charge in [0, 0.05) is 29.8 Å². The van der Waals surface area contributed by atoms with E-state index in [1.165, 1.54) is 18.2 Å². The van der Waals surface area contributed by atoms with Gasteiger partial charge in [0.1, 0.15) is 5.58 Å². The molecule has 0 radical (unpaired) electrons. The molecule has 1 heterocycles. The molecule has 0 aliphatic heterocycles. The second-order valence-corrected chi connectivity index (χ2v) is 6.92. The molecule has 0 aliphatic rings. The number of halogens is 3. The van der Waals surface area contributed by atoms with Gasteiger partial charge in [-0.25, -0.2) is 4.79 Å². The number of methoxy groups -OCH3 is 2. The Morgan fingerprint density at radius 2 is 1.81 bits per heavy atom. The van der Waals surface area contributed by atoms with Crippen LogP contribution in [-0.4, -0.2) is 25.9 Å². The summed E-state index contributed by atoms with van der Waals surface area (Å²) in [5.74, 6) is 1.25. The number of fused-ring (bicyclic) bond motifs is 1. The molecular formula is C21H19F3N2O4S. The number of benzene rings is 2. The van der Waals surface area contributed by atoms with E-state index in [2.05, 4.69) is 10.6 Å². The van der Waals surface area contributed by atoms with Gasteiger partial charge in [-0.3, -0.25) is 0 Å². The van der Waals surface area contributed by atoms with Crippen LogP contribution < -0.4 is 25.7 Å². The van der Waals surface area contributed by atoms with Gasteiger partial charge >= 0.3 is 11.8 Å². The quantitative estimate of drug-likeness (QED) is 0.425. The monoisotopic (exact) mass is 452 g/mol. The number of hydrogen-bond donors (Lipinski definition) is 2. The van der Waals surface area contributed by atoms with Gasteiger partial charge in [-0.05, 0) is 48.5 Å². The van der Waals surface area contributed by atoms with Crippen molar-refractivity contribution in [3.05, 3.63) is 64.0 Å². The van der Waals surface area contributed by atoms with E-state index in [-0.39, 0.29) is 16.1 Å². The molecule has 31 heavy (non-hydrogen) atoms. The fraction of sp³-hybridized carbons (Fsp3) is 0.238. The van der Waals surface area contributed by atoms with E-state index in [0.29, 0.717) is 36.2 Å². The van der Waals surface area contributed by atoms with Crippen LogP contribution >= 0.6 is 12.2 Å². The largest absolute Gasteiger partial charge is 0.493 e. The second-order valence-electron chi connectivity index (χ2n) is 6.51. The number of hydrogen-bond acceptors (Lipinski definition) is 5. The second kappa shape index (κ2) is 9.25. The molecule has 10 heteroatoms. The standard InChI is InChI=1S/C21H19F3N2O4S/c1-28-16-6-3-12(9-18(16)29-2)7-8-25-20(31)26-13-4-5-14-15(21(22,23)24)11-19(27)30-17(14)10-13/h3-6,9-11H,7-8H2,1-2H3,(H2,25,26,31). The zero-order chi connectivity index (χ0) is 22.6. The lowest BCUT2D eigenvalue weighted by molar-refractivity contribution is -0.136. The molecule has 3 rings (SSSR count). The minimum Gasteiger partial charge on any atom is -0.493 e. The van der Waals surface area contributed by atoms with Crippen LogP contribution in [0.1, 0.15) is 11.1 Å². The van der Waals surface area contributed by atoms with E-state index in [0.717, 1.165) is 5.56 Å². The number of rotatable bonds is 6. The number of anilines is 1. The zero-order valence-electron chi connectivity index (χ0n) is 16.6. The van der Waals surface area contributed by atoms with Crippen LogP contribution in [0.15, 0.2) is 51.7 Å². The summed E-state index contributed by atoms with van der Waals surface area (Å²) in [5.41, 5.74) is -0.912. The van der Waals surface area contributed by atoms with E-state index >= 15 is 0 Å². The minimum absolute atomic E-state index is 0.182. The van der Waals surface area contributed by atoms with Gasteiger partial charge in [0.2, 0.25) is 0 Å². The number of alkyl halides is 3. The summed E-state index contributed by atoms with van der Waals surface area (Å²) >= 11 is 5.23. The van der Waals surface area contributed by atoms with Gasteiger partial charge in [0.15, 0.2) is 16.6 Å². The maximum absolute atomic E-state index is 13.1. The van der Waals surface area contributed by atoms with Crippen molar-refractivity contribution in [1.82, 2.24) is 5.32 Å². The molecule has 164 valence electrons. The molecule has 1 aromatic heterocycles. The Bertz CT molecular complexity index is 1160. The van der Waals surface area contributed by atoms with Crippen molar-refractivity contribution in [3.8, 4) is 11.5 Å². The topological polar surface area (TPSA) is 72.7 Å². The van der Waals surface area contributed by atoms with Crippen molar-refractivity contribution in [2.75, 3.05) is 26.1 Å². The van der Waals surface area contributed by atoms with E-state index in [1.54, 1.807) is 14.2 Å². The van der Waals surface area contributed by atoms with Crippen molar-refractivity contribution in [3.63, 3.8) is 0 Å². The maximum Gasteiger partial charge on any atom is 0.417 e. The minimum atomic E-state index is -4.66. The summed E-state index contributed by atoms with van der Waals surface area (Å²) in [7, 11) is 3.12. The highest BCUT2D eigenvalue weighted by atomic mass is 32.1. The molecule has 6 nitrogen and oxygen atoms in total. The van der Waals surface area contributed by atoms with Crippen LogP contribution in [0.2, 0.25) is 0 Å². The summed E-state index contributed by atoms with van der Waals surface area (Å²) < 4.78 is 54.8. The van der Waals surface area contributed by atoms with E-state index in [4.69, 9.17) is 26.1 Å². The van der Waals surface area contributed by atoms with E-state index in [9.17, 15) is 18.0 Å². The van der Waals surface area contributed by atoms with Crippen LogP contribution in [0, 0.1) is 0 Å². The molecule has 2 aromatic carbocycles. The van der Waals surface area contributed by atoms with Crippen molar-refractivity contribution >= 4 is 34.0 Å². The Kier molecular flexibility index (Phi) is 6.69. The number of thiocarbonyl (C=S) groups is 1. The Morgan fingerprint density at radius 3 is 2.48 bits per heavy atom. The van der Waals surface area contributed by atoms with Crippen LogP contribution in [-0.2, 0) is 12.6 Å². The molecule has 3 aromatic rings. The fourth-order valence-electron chi connectivity index (χ4n) is 3.01. The zero-order valence-corrected chi connectivity index (χ0v) is 17.4. The average molecular weight is 452 g/mol. The molecule has 0 spiro atoms. The summed E-state index contributed by atoms with van der Waals surface area (Å²) in [4.78, 5) is 11.5. The van der Waals surface area contributed by atoms with Crippen LogP contribution in [0.4, 0.5) is 18.9 Å². The lowest BCUT2D eigenvalue weighted by Crippen LogP contribution is -2.30. The molecule has 0 unspecified atom stereocenters. The lowest BCUT2D eigenvalue weighted by atomic mass is 10.1. The fourth-order valence-corrected chi connectivity index (χ4v) is 3.23. The summed E-state index contributed by atoms with van der Waals surface area (Å²) in [5, 5.41) is 5.96. The SMILES string of the molecule is COc1ccc(CCNC(=S)Nc2ccc3c(C(F)(F)F)cc(=O)oc3c2)cc1OC. The first-order valence-corrected chi connectivity index (χ1v) is 9.53. The first-order valence-electron chi connectivity index (χ1n) is 9.12. The Hall–Kier alpha value is -3.27. The van der Waals surface area contributed by atoms with Crippen molar-refractivity contribution in [2.45, 2.75) is 12.6 Å². The predicted octanol–water partition coefficient (Wildman–Crippen LogP) is 4.36. The smallest absolute Gasteiger partial charge is 0.417 e. The number of ether oxygens (including phenoxy) is 2. The van der Waals surface area contributed by atoms with Gasteiger partial charge in [-0.1, -0.05) is 6.07 Å². The van der Waals surface area contributed by atoms with Crippen LogP contribution in [0.5, 0.6) is 11.5 Å². The first kappa shape index (κ1) is 22.4. The summed E-state index contributed by atoms with van der Waals surface area (Å²) in [6.07, 6.45) is -4.02. The molecule has 0 atom stereocenters. The number of nitrogens with one attached hydrogen (secondary N) is 2. The predicted molar refractivity (Wildman–Crippen MR) is 115 cm³/mol. The maximum atomic E-state index is 13.1. The molecule has 0 amide bonds. The molecular weight excluding hydrogens is 433 g/mol. The summed E-state index contributed by atoms with van der Waals surface area (Å²) in [6.45, 7) is 0.502. The van der Waals surface area contributed by atoms with Gasteiger partial charge in [-0.15, -0.1) is 0 Å². The van der Waals surface area contributed by atoms with Gasteiger partial charge < -0.3 is 24.5 Å². The third-order valence-corrected chi connectivity index (χ3v) is 4.70. The molecule has 0 saturated heterocycles. The Balaban J connectivity index is 1.65. The third-order valence-electron chi connectivity index (χ3n) is 4.45. The van der Waals surface area contributed by atoms with E-state index < -0.39 is 17.4 Å². The Morgan fingerprint density at radius 1 is 1.06 bits per heavy atom. The normalized spacial score (nSPS) is 11.3. The van der Waals surface area contributed by atoms with E-state index in [1.807, 2.05) is 18.2 Å². The van der Waals surface area contributed by atoms with Gasteiger partial charge in [0.05, 0.1) is 19.8 Å².